The Kier molecular flexibility index (Phi) is 1.90. The Morgan fingerprint density at radius 1 is 1.38 bits per heavy atom. The molecule has 0 radical (unpaired) electrons. The normalized spacial score (nSPS) is 31.7. The molecule has 2 rings (SSSR count). The van der Waals surface area contributed by atoms with Crippen LogP contribution in [-0.4, -0.2) is 0 Å². The second-order valence-corrected chi connectivity index (χ2v) is 5.30. The average molecular weight is 176 g/mol. The quantitative estimate of drug-likeness (QED) is 0.521. The van der Waals surface area contributed by atoms with Crippen LogP contribution in [0.2, 0.25) is 0 Å². The van der Waals surface area contributed by atoms with E-state index < -0.39 is 0 Å². The van der Waals surface area contributed by atoms with Gasteiger partial charge >= 0.3 is 0 Å². The summed E-state index contributed by atoms with van der Waals surface area (Å²) < 4.78 is 0. The number of rotatable bonds is 0. The minimum atomic E-state index is 0.371. The Hall–Kier alpha value is -0.520. The predicted molar refractivity (Wildman–Crippen MR) is 57.6 cm³/mol. The van der Waals surface area contributed by atoms with Crippen LogP contribution in [0.5, 0.6) is 0 Å². The first-order valence-corrected chi connectivity index (χ1v) is 5.43. The topological polar surface area (TPSA) is 0 Å². The minimum Gasteiger partial charge on any atom is -0.0633 e. The van der Waals surface area contributed by atoms with E-state index in [0.29, 0.717) is 5.41 Å². The lowest BCUT2D eigenvalue weighted by molar-refractivity contribution is 0.443. The molecule has 13 heavy (non-hydrogen) atoms. The molecule has 2 aliphatic rings. The van der Waals surface area contributed by atoms with Crippen LogP contribution in [0.4, 0.5) is 0 Å². The standard InChI is InChI=1S/C13H20/c1-9-5-6-12-11(7-9)8-10(2)13(12,3)4/h8-9H,5-7H2,1-4H3/t9-/m1/s1. The zero-order valence-electron chi connectivity index (χ0n) is 9.28. The zero-order valence-corrected chi connectivity index (χ0v) is 9.28. The predicted octanol–water partition coefficient (Wildman–Crippen LogP) is 4.09. The van der Waals surface area contributed by atoms with Crippen molar-refractivity contribution < 1.29 is 0 Å². The molecular weight excluding hydrogens is 156 g/mol. The van der Waals surface area contributed by atoms with Gasteiger partial charge in [0, 0.05) is 5.41 Å². The fourth-order valence-electron chi connectivity index (χ4n) is 2.69. The maximum absolute atomic E-state index is 2.44. The highest BCUT2D eigenvalue weighted by Crippen LogP contribution is 2.49. The summed E-state index contributed by atoms with van der Waals surface area (Å²) in [6.07, 6.45) is 6.47. The molecule has 1 atom stereocenters. The first-order valence-electron chi connectivity index (χ1n) is 5.43. The summed E-state index contributed by atoms with van der Waals surface area (Å²) in [4.78, 5) is 0. The van der Waals surface area contributed by atoms with Crippen molar-refractivity contribution in [3.05, 3.63) is 22.8 Å². The van der Waals surface area contributed by atoms with Gasteiger partial charge in [-0.2, -0.15) is 0 Å². The van der Waals surface area contributed by atoms with Crippen molar-refractivity contribution in [1.29, 1.82) is 0 Å². The van der Waals surface area contributed by atoms with Crippen molar-refractivity contribution in [2.45, 2.75) is 47.0 Å². The van der Waals surface area contributed by atoms with Gasteiger partial charge in [0.1, 0.15) is 0 Å². The van der Waals surface area contributed by atoms with Gasteiger partial charge in [0.25, 0.3) is 0 Å². The van der Waals surface area contributed by atoms with Crippen LogP contribution < -0.4 is 0 Å². The average Bonchev–Trinajstić information content (AvgIpc) is 2.23. The summed E-state index contributed by atoms with van der Waals surface area (Å²) in [5.41, 5.74) is 5.31. The van der Waals surface area contributed by atoms with E-state index in [1.165, 1.54) is 19.3 Å². The molecule has 0 aromatic carbocycles. The van der Waals surface area contributed by atoms with Gasteiger partial charge in [-0.15, -0.1) is 0 Å². The molecule has 0 aromatic heterocycles. The van der Waals surface area contributed by atoms with E-state index in [2.05, 4.69) is 33.8 Å². The summed E-state index contributed by atoms with van der Waals surface area (Å²) in [5.74, 6) is 0.900. The molecule has 0 heteroatoms. The van der Waals surface area contributed by atoms with Crippen LogP contribution >= 0.6 is 0 Å². The Morgan fingerprint density at radius 3 is 2.77 bits per heavy atom. The lowest BCUT2D eigenvalue weighted by Crippen LogP contribution is -2.17. The summed E-state index contributed by atoms with van der Waals surface area (Å²) in [6.45, 7) is 9.40. The smallest absolute Gasteiger partial charge is 0.00702 e. The molecule has 0 saturated carbocycles. The molecule has 0 heterocycles. The van der Waals surface area contributed by atoms with Gasteiger partial charge in [0.05, 0.1) is 0 Å². The van der Waals surface area contributed by atoms with E-state index in [1.54, 1.807) is 16.7 Å². The van der Waals surface area contributed by atoms with E-state index in [0.717, 1.165) is 5.92 Å². The zero-order chi connectivity index (χ0) is 9.64. The van der Waals surface area contributed by atoms with Gasteiger partial charge in [-0.1, -0.05) is 38.0 Å². The lowest BCUT2D eigenvalue weighted by atomic mass is 9.75. The molecule has 2 aliphatic carbocycles. The largest absolute Gasteiger partial charge is 0.0633 e. The van der Waals surface area contributed by atoms with Crippen LogP contribution in [0.25, 0.3) is 0 Å². The number of hydrogen-bond donors (Lipinski definition) is 0. The van der Waals surface area contributed by atoms with Gasteiger partial charge < -0.3 is 0 Å². The molecular formula is C13H20. The molecule has 0 spiro atoms. The summed E-state index contributed by atoms with van der Waals surface area (Å²) in [5, 5.41) is 0. The summed E-state index contributed by atoms with van der Waals surface area (Å²) in [7, 11) is 0. The van der Waals surface area contributed by atoms with Crippen LogP contribution in [-0.2, 0) is 0 Å². The highest BCUT2D eigenvalue weighted by molar-refractivity contribution is 5.46. The molecule has 0 nitrogen and oxygen atoms in total. The van der Waals surface area contributed by atoms with Crippen molar-refractivity contribution in [3.8, 4) is 0 Å². The second-order valence-electron chi connectivity index (χ2n) is 5.30. The van der Waals surface area contributed by atoms with Crippen LogP contribution in [0.1, 0.15) is 47.0 Å². The van der Waals surface area contributed by atoms with Gasteiger partial charge in [0.2, 0.25) is 0 Å². The van der Waals surface area contributed by atoms with Gasteiger partial charge in [-0.05, 0) is 37.7 Å². The van der Waals surface area contributed by atoms with Crippen LogP contribution in [0, 0.1) is 11.3 Å². The van der Waals surface area contributed by atoms with Crippen molar-refractivity contribution in [2.75, 3.05) is 0 Å². The molecule has 72 valence electrons. The first kappa shape index (κ1) is 9.05. The summed E-state index contributed by atoms with van der Waals surface area (Å²) in [6, 6.07) is 0. The van der Waals surface area contributed by atoms with Crippen molar-refractivity contribution in [1.82, 2.24) is 0 Å². The lowest BCUT2D eigenvalue weighted by Gasteiger charge is -2.30. The van der Waals surface area contributed by atoms with E-state index in [4.69, 9.17) is 0 Å². The molecule has 0 fully saturated rings. The highest BCUT2D eigenvalue weighted by atomic mass is 14.4. The number of hydrogen-bond acceptors (Lipinski definition) is 0. The van der Waals surface area contributed by atoms with Crippen molar-refractivity contribution in [3.63, 3.8) is 0 Å². The van der Waals surface area contributed by atoms with Crippen molar-refractivity contribution in [2.24, 2.45) is 11.3 Å². The maximum Gasteiger partial charge on any atom is 0.00702 e. The van der Waals surface area contributed by atoms with E-state index in [9.17, 15) is 0 Å². The fourth-order valence-corrected chi connectivity index (χ4v) is 2.69. The van der Waals surface area contributed by atoms with Crippen molar-refractivity contribution >= 4 is 0 Å². The maximum atomic E-state index is 2.44. The third-order valence-electron chi connectivity index (χ3n) is 3.97. The molecule has 0 N–H and O–H groups in total. The molecule has 0 saturated heterocycles. The van der Waals surface area contributed by atoms with E-state index in [1.807, 2.05) is 0 Å². The van der Waals surface area contributed by atoms with Gasteiger partial charge in [-0.3, -0.25) is 0 Å². The fraction of sp³-hybridized carbons (Fsp3) is 0.692. The molecule has 0 unspecified atom stereocenters. The molecule has 0 bridgehead atoms. The highest BCUT2D eigenvalue weighted by Gasteiger charge is 2.34. The SMILES string of the molecule is CC1=CC2=C(CC[C@@H](C)C2)C1(C)C. The third kappa shape index (κ3) is 1.27. The van der Waals surface area contributed by atoms with E-state index >= 15 is 0 Å². The Morgan fingerprint density at radius 2 is 2.08 bits per heavy atom. The first-order chi connectivity index (χ1) is 6.01. The third-order valence-corrected chi connectivity index (χ3v) is 3.97. The van der Waals surface area contributed by atoms with Gasteiger partial charge in [-0.25, -0.2) is 0 Å². The monoisotopic (exact) mass is 176 g/mol. The number of allylic oxidation sites excluding steroid dienone is 4. The van der Waals surface area contributed by atoms with Crippen LogP contribution in [0.15, 0.2) is 22.8 Å². The van der Waals surface area contributed by atoms with E-state index in [-0.39, 0.29) is 0 Å². The van der Waals surface area contributed by atoms with Crippen LogP contribution in [0.3, 0.4) is 0 Å². The second kappa shape index (κ2) is 2.73. The molecule has 0 aliphatic heterocycles. The summed E-state index contributed by atoms with van der Waals surface area (Å²) >= 11 is 0. The molecule has 0 aromatic rings. The Labute approximate surface area is 81.7 Å². The minimum absolute atomic E-state index is 0.371. The molecule has 0 amide bonds. The Balaban J connectivity index is 2.36. The van der Waals surface area contributed by atoms with Gasteiger partial charge in [0.15, 0.2) is 0 Å². The Bertz CT molecular complexity index is 289.